The van der Waals surface area contributed by atoms with Gasteiger partial charge in [-0.25, -0.2) is 4.79 Å². The van der Waals surface area contributed by atoms with Crippen molar-refractivity contribution in [3.8, 4) is 11.5 Å². The summed E-state index contributed by atoms with van der Waals surface area (Å²) in [6.07, 6.45) is -14.2. The number of aromatic hydroxyl groups is 1. The molecule has 8 N–H and O–H groups in total. The van der Waals surface area contributed by atoms with E-state index in [1.165, 1.54) is 25.3 Å². The highest BCUT2D eigenvalue weighted by atomic mass is 16.7. The lowest BCUT2D eigenvalue weighted by Crippen LogP contribution is -2.62. The quantitative estimate of drug-likeness (QED) is 0.0978. The second-order valence-corrected chi connectivity index (χ2v) is 9.32. The van der Waals surface area contributed by atoms with Crippen LogP contribution in [0.3, 0.4) is 0 Å². The van der Waals surface area contributed by atoms with E-state index >= 15 is 0 Å². The first kappa shape index (κ1) is 32.6. The van der Waals surface area contributed by atoms with E-state index < -0.39 is 93.2 Å². The average molecular weight is 591 g/mol. The maximum atomic E-state index is 12.3. The van der Waals surface area contributed by atoms with Crippen LogP contribution in [-0.4, -0.2) is 135 Å². The fraction of sp³-hybridized carbons (Fsp3) is 0.600. The van der Waals surface area contributed by atoms with E-state index in [4.69, 9.17) is 28.4 Å². The molecule has 41 heavy (non-hydrogen) atoms. The predicted octanol–water partition coefficient (Wildman–Crippen LogP) is -3.36. The molecule has 0 aliphatic carbocycles. The lowest BCUT2D eigenvalue weighted by atomic mass is 9.98. The van der Waals surface area contributed by atoms with E-state index in [1.54, 1.807) is 0 Å². The fourth-order valence-corrected chi connectivity index (χ4v) is 4.13. The van der Waals surface area contributed by atoms with Crippen LogP contribution >= 0.6 is 0 Å². The molecule has 0 bridgehead atoms. The van der Waals surface area contributed by atoms with E-state index in [2.05, 4.69) is 0 Å². The summed E-state index contributed by atoms with van der Waals surface area (Å²) in [4.78, 5) is 23.5. The molecule has 16 heteroatoms. The number of carbonyl (C=O) groups excluding carboxylic acids is 2. The van der Waals surface area contributed by atoms with Crippen molar-refractivity contribution in [2.45, 2.75) is 74.9 Å². The minimum atomic E-state index is -1.80. The Kier molecular flexibility index (Phi) is 11.4. The van der Waals surface area contributed by atoms with Crippen molar-refractivity contribution in [2.75, 3.05) is 20.3 Å². The average Bonchev–Trinajstić information content (AvgIpc) is 2.94. The van der Waals surface area contributed by atoms with Gasteiger partial charge in [0.2, 0.25) is 6.29 Å². The molecule has 2 fully saturated rings. The van der Waals surface area contributed by atoms with Gasteiger partial charge in [-0.1, -0.05) is 0 Å². The number of methoxy groups -OCH3 is 1. The van der Waals surface area contributed by atoms with Crippen molar-refractivity contribution in [3.05, 3.63) is 29.3 Å². The third-order valence-electron chi connectivity index (χ3n) is 6.41. The molecule has 10 atom stereocenters. The number of aliphatic hydroxyl groups excluding tert-OH is 7. The van der Waals surface area contributed by atoms with Gasteiger partial charge >= 0.3 is 11.9 Å². The Labute approximate surface area is 233 Å². The Morgan fingerprint density at radius 3 is 2.05 bits per heavy atom. The number of ether oxygens (including phenoxy) is 6. The van der Waals surface area contributed by atoms with Crippen LogP contribution in [0.1, 0.15) is 18.1 Å². The van der Waals surface area contributed by atoms with E-state index in [1.807, 2.05) is 0 Å². The molecule has 0 aromatic heterocycles. The monoisotopic (exact) mass is 590 g/mol. The SMILES string of the molecule is COc1cc(/C=C/C(=O)OCC2O[C@@H](OCC3O[C@@H](OC(C)=O)C(O)[C@@H](O)[C@@H]3O)C(O)[C@@H](O)[C@@H]2O)cc(CO)c1O. The summed E-state index contributed by atoms with van der Waals surface area (Å²) in [6, 6.07) is 2.82. The Morgan fingerprint density at radius 2 is 1.46 bits per heavy atom. The molecule has 16 nitrogen and oxygen atoms in total. The first-order chi connectivity index (χ1) is 19.4. The molecule has 0 radical (unpaired) electrons. The van der Waals surface area contributed by atoms with Gasteiger partial charge in [0.05, 0.1) is 20.3 Å². The van der Waals surface area contributed by atoms with Gasteiger partial charge in [0.25, 0.3) is 0 Å². The highest BCUT2D eigenvalue weighted by molar-refractivity contribution is 5.87. The van der Waals surface area contributed by atoms with Gasteiger partial charge in [0, 0.05) is 18.6 Å². The van der Waals surface area contributed by atoms with Gasteiger partial charge in [-0.2, -0.15) is 0 Å². The van der Waals surface area contributed by atoms with Crippen molar-refractivity contribution in [3.63, 3.8) is 0 Å². The standard InChI is InChI=1S/C25H34O16/c1-10(27)39-25-23(35)21(33)19(31)15(41-25)9-38-24-22(34)20(32)18(30)14(40-24)8-37-16(28)4-3-11-5-12(7-26)17(29)13(6-11)36-2/h3-6,14-15,18-26,29-35H,7-9H2,1-2H3/b4-3+/t14?,15?,18-,19-,20+,21+,22?,23?,24-,25-/m1/s1. The summed E-state index contributed by atoms with van der Waals surface area (Å²) in [6.45, 7) is -0.618. The second kappa shape index (κ2) is 14.3. The first-order valence-electron chi connectivity index (χ1n) is 12.4. The molecular formula is C25H34O16. The number of esters is 2. The summed E-state index contributed by atoms with van der Waals surface area (Å²) in [5, 5.41) is 80.4. The maximum Gasteiger partial charge on any atom is 0.330 e. The molecule has 2 aliphatic rings. The highest BCUT2D eigenvalue weighted by Crippen LogP contribution is 2.32. The molecule has 0 amide bonds. The number of benzene rings is 1. The van der Waals surface area contributed by atoms with E-state index in [0.29, 0.717) is 5.56 Å². The van der Waals surface area contributed by atoms with E-state index in [9.17, 15) is 50.4 Å². The Bertz CT molecular complexity index is 1050. The fourth-order valence-electron chi connectivity index (χ4n) is 4.13. The van der Waals surface area contributed by atoms with Crippen molar-refractivity contribution >= 4 is 18.0 Å². The van der Waals surface area contributed by atoms with Crippen LogP contribution in [0.2, 0.25) is 0 Å². The summed E-state index contributed by atoms with van der Waals surface area (Å²) < 4.78 is 31.0. The molecule has 0 saturated carbocycles. The summed E-state index contributed by atoms with van der Waals surface area (Å²) in [5.41, 5.74) is 0.552. The van der Waals surface area contributed by atoms with Crippen molar-refractivity contribution in [1.29, 1.82) is 0 Å². The van der Waals surface area contributed by atoms with Crippen LogP contribution in [-0.2, 0) is 39.9 Å². The Morgan fingerprint density at radius 1 is 0.878 bits per heavy atom. The normalized spacial score (nSPS) is 33.9. The van der Waals surface area contributed by atoms with Crippen LogP contribution in [0.4, 0.5) is 0 Å². The summed E-state index contributed by atoms with van der Waals surface area (Å²) >= 11 is 0. The predicted molar refractivity (Wildman–Crippen MR) is 132 cm³/mol. The smallest absolute Gasteiger partial charge is 0.330 e. The van der Waals surface area contributed by atoms with Gasteiger partial charge in [0.1, 0.15) is 55.4 Å². The van der Waals surface area contributed by atoms with Crippen LogP contribution in [0.25, 0.3) is 6.08 Å². The van der Waals surface area contributed by atoms with Crippen molar-refractivity contribution in [2.24, 2.45) is 0 Å². The van der Waals surface area contributed by atoms with Gasteiger partial charge < -0.3 is 69.3 Å². The Hall–Kier alpha value is -2.90. The van der Waals surface area contributed by atoms with Crippen LogP contribution < -0.4 is 4.74 Å². The summed E-state index contributed by atoms with van der Waals surface area (Å²) in [7, 11) is 1.31. The van der Waals surface area contributed by atoms with Gasteiger partial charge in [-0.05, 0) is 23.8 Å². The third kappa shape index (κ3) is 7.89. The minimum absolute atomic E-state index is 0.0700. The zero-order chi connectivity index (χ0) is 30.4. The van der Waals surface area contributed by atoms with E-state index in [-0.39, 0.29) is 17.1 Å². The molecule has 2 heterocycles. The number of carbonyl (C=O) groups is 2. The number of hydrogen-bond donors (Lipinski definition) is 8. The second-order valence-electron chi connectivity index (χ2n) is 9.32. The van der Waals surface area contributed by atoms with Crippen LogP contribution in [0.15, 0.2) is 18.2 Å². The molecule has 230 valence electrons. The number of hydrogen-bond acceptors (Lipinski definition) is 16. The zero-order valence-corrected chi connectivity index (χ0v) is 22.0. The zero-order valence-electron chi connectivity index (χ0n) is 22.0. The van der Waals surface area contributed by atoms with Crippen LogP contribution in [0, 0.1) is 0 Å². The molecule has 3 rings (SSSR count). The van der Waals surface area contributed by atoms with Gasteiger partial charge in [0.15, 0.2) is 17.8 Å². The van der Waals surface area contributed by atoms with Crippen molar-refractivity contribution < 1.29 is 78.9 Å². The molecule has 0 spiro atoms. The molecule has 4 unspecified atom stereocenters. The summed E-state index contributed by atoms with van der Waals surface area (Å²) in [5.74, 6) is -1.90. The first-order valence-corrected chi connectivity index (χ1v) is 12.4. The molecular weight excluding hydrogens is 556 g/mol. The number of rotatable bonds is 10. The maximum absolute atomic E-state index is 12.3. The number of aliphatic hydroxyl groups is 7. The molecule has 2 saturated heterocycles. The molecule has 1 aromatic rings. The van der Waals surface area contributed by atoms with Crippen molar-refractivity contribution in [1.82, 2.24) is 0 Å². The minimum Gasteiger partial charge on any atom is -0.504 e. The van der Waals surface area contributed by atoms with Crippen LogP contribution in [0.5, 0.6) is 11.5 Å². The Balaban J connectivity index is 1.59. The van der Waals surface area contributed by atoms with E-state index in [0.717, 1.165) is 13.0 Å². The highest BCUT2D eigenvalue weighted by Gasteiger charge is 2.48. The number of phenols is 1. The topological polar surface area (TPSA) is 251 Å². The van der Waals surface area contributed by atoms with Gasteiger partial charge in [-0.3, -0.25) is 4.79 Å². The van der Waals surface area contributed by atoms with Gasteiger partial charge in [-0.15, -0.1) is 0 Å². The lowest BCUT2D eigenvalue weighted by Gasteiger charge is -2.42. The largest absolute Gasteiger partial charge is 0.504 e. The lowest BCUT2D eigenvalue weighted by molar-refractivity contribution is -0.327. The molecule has 2 aliphatic heterocycles. The molecule has 1 aromatic carbocycles. The third-order valence-corrected chi connectivity index (χ3v) is 6.41.